The van der Waals surface area contributed by atoms with E-state index in [0.717, 1.165) is 44.9 Å². The lowest BCUT2D eigenvalue weighted by Crippen LogP contribution is -2.05. The molecule has 0 radical (unpaired) electrons. The molecule has 1 unspecified atom stereocenters. The van der Waals surface area contributed by atoms with Crippen molar-refractivity contribution in [2.75, 3.05) is 0 Å². The molecule has 0 aromatic rings. The average molecular weight is 439 g/mol. The molecule has 0 aliphatic rings. The minimum absolute atomic E-state index is 0.0444. The highest BCUT2D eigenvalue weighted by molar-refractivity contribution is 5.78. The van der Waals surface area contributed by atoms with Crippen LogP contribution in [0.2, 0.25) is 0 Å². The van der Waals surface area contributed by atoms with Crippen LogP contribution in [-0.4, -0.2) is 17.0 Å². The van der Waals surface area contributed by atoms with E-state index in [9.17, 15) is 9.90 Å². The molecule has 1 atom stereocenters. The molecule has 0 saturated carbocycles. The van der Waals surface area contributed by atoms with E-state index in [4.69, 9.17) is 0 Å². The summed E-state index contributed by atoms with van der Waals surface area (Å²) in [7, 11) is 0. The number of rotatable bonds is 26. The number of carbonyl (C=O) groups excluding carboxylic acids is 1. The van der Waals surface area contributed by atoms with Gasteiger partial charge >= 0.3 is 0 Å². The Morgan fingerprint density at radius 1 is 0.484 bits per heavy atom. The highest BCUT2D eigenvalue weighted by atomic mass is 16.3. The monoisotopic (exact) mass is 438 g/mol. The molecular formula is C29H58O2. The molecule has 0 fully saturated rings. The molecule has 0 aromatic heterocycles. The third-order valence-electron chi connectivity index (χ3n) is 6.69. The molecule has 186 valence electrons. The van der Waals surface area contributed by atoms with Crippen LogP contribution in [0.15, 0.2) is 0 Å². The van der Waals surface area contributed by atoms with Crippen molar-refractivity contribution in [3.05, 3.63) is 0 Å². The van der Waals surface area contributed by atoms with Gasteiger partial charge in [0, 0.05) is 12.8 Å². The van der Waals surface area contributed by atoms with Crippen molar-refractivity contribution < 1.29 is 9.90 Å². The second-order valence-electron chi connectivity index (χ2n) is 9.99. The highest BCUT2D eigenvalue weighted by Crippen LogP contribution is 2.15. The topological polar surface area (TPSA) is 37.3 Å². The van der Waals surface area contributed by atoms with E-state index >= 15 is 0 Å². The molecule has 0 heterocycles. The first-order valence-corrected chi connectivity index (χ1v) is 14.4. The average Bonchev–Trinajstić information content (AvgIpc) is 2.77. The van der Waals surface area contributed by atoms with Crippen molar-refractivity contribution in [1.29, 1.82) is 0 Å². The normalized spacial score (nSPS) is 12.4. The maximum absolute atomic E-state index is 11.6. The second kappa shape index (κ2) is 25.9. The van der Waals surface area contributed by atoms with Crippen LogP contribution >= 0.6 is 0 Å². The molecular weight excluding hydrogens is 380 g/mol. The Morgan fingerprint density at radius 3 is 1.23 bits per heavy atom. The maximum atomic E-state index is 11.6. The highest BCUT2D eigenvalue weighted by Gasteiger charge is 2.03. The first-order chi connectivity index (χ1) is 15.2. The van der Waals surface area contributed by atoms with Gasteiger partial charge in [-0.3, -0.25) is 4.79 Å². The molecule has 0 rings (SSSR count). The van der Waals surface area contributed by atoms with Crippen LogP contribution < -0.4 is 0 Å². The molecule has 0 aliphatic heterocycles. The zero-order valence-electron chi connectivity index (χ0n) is 21.6. The van der Waals surface area contributed by atoms with Gasteiger partial charge in [-0.1, -0.05) is 136 Å². The second-order valence-corrected chi connectivity index (χ2v) is 9.99. The lowest BCUT2D eigenvalue weighted by molar-refractivity contribution is -0.119. The van der Waals surface area contributed by atoms with Gasteiger partial charge in [0.25, 0.3) is 0 Å². The number of Topliss-reactive ketones (excluding diaryl/α,β-unsaturated/α-hetero) is 1. The van der Waals surface area contributed by atoms with E-state index in [2.05, 4.69) is 13.8 Å². The lowest BCUT2D eigenvalue weighted by atomic mass is 10.0. The Kier molecular flexibility index (Phi) is 25.6. The quantitative estimate of drug-likeness (QED) is 0.136. The van der Waals surface area contributed by atoms with Crippen molar-refractivity contribution in [3.63, 3.8) is 0 Å². The first kappa shape index (κ1) is 30.6. The van der Waals surface area contributed by atoms with E-state index in [1.165, 1.54) is 116 Å². The smallest absolute Gasteiger partial charge is 0.132 e. The molecule has 2 nitrogen and oxygen atoms in total. The number of hydrogen-bond donors (Lipinski definition) is 1. The Labute approximate surface area is 196 Å². The minimum Gasteiger partial charge on any atom is -0.393 e. The van der Waals surface area contributed by atoms with E-state index < -0.39 is 0 Å². The van der Waals surface area contributed by atoms with Crippen LogP contribution in [-0.2, 0) is 4.79 Å². The van der Waals surface area contributed by atoms with Gasteiger partial charge in [-0.25, -0.2) is 0 Å². The van der Waals surface area contributed by atoms with E-state index in [1.807, 2.05) is 0 Å². The SMILES string of the molecule is CCCCC(=O)CCCCCCCCCCCCCCCCCCCC(O)CCCC. The van der Waals surface area contributed by atoms with Crippen LogP contribution in [0.25, 0.3) is 0 Å². The largest absolute Gasteiger partial charge is 0.393 e. The third kappa shape index (κ3) is 25.8. The fraction of sp³-hybridized carbons (Fsp3) is 0.966. The van der Waals surface area contributed by atoms with Crippen molar-refractivity contribution in [2.24, 2.45) is 0 Å². The minimum atomic E-state index is -0.0444. The Balaban J connectivity index is 3.10. The van der Waals surface area contributed by atoms with Crippen molar-refractivity contribution >= 4 is 5.78 Å². The third-order valence-corrected chi connectivity index (χ3v) is 6.69. The summed E-state index contributed by atoms with van der Waals surface area (Å²) in [5, 5.41) is 9.84. The predicted molar refractivity (Wildman–Crippen MR) is 138 cm³/mol. The summed E-state index contributed by atoms with van der Waals surface area (Å²) in [6.45, 7) is 4.35. The van der Waals surface area contributed by atoms with Gasteiger partial charge in [0.15, 0.2) is 0 Å². The zero-order valence-corrected chi connectivity index (χ0v) is 21.6. The number of ketones is 1. The summed E-state index contributed by atoms with van der Waals surface area (Å²) in [6.07, 6.45) is 31.2. The van der Waals surface area contributed by atoms with Gasteiger partial charge in [-0.2, -0.15) is 0 Å². The van der Waals surface area contributed by atoms with Gasteiger partial charge in [-0.15, -0.1) is 0 Å². The summed E-state index contributed by atoms with van der Waals surface area (Å²) in [4.78, 5) is 11.6. The fourth-order valence-electron chi connectivity index (χ4n) is 4.44. The molecule has 0 saturated heterocycles. The fourth-order valence-corrected chi connectivity index (χ4v) is 4.44. The summed E-state index contributed by atoms with van der Waals surface area (Å²) in [5.41, 5.74) is 0. The Bertz CT molecular complexity index is 353. The first-order valence-electron chi connectivity index (χ1n) is 14.4. The number of aliphatic hydroxyl groups is 1. The molecule has 0 aromatic carbocycles. The molecule has 2 heteroatoms. The van der Waals surface area contributed by atoms with E-state index in [0.29, 0.717) is 5.78 Å². The molecule has 31 heavy (non-hydrogen) atoms. The number of carbonyl (C=O) groups is 1. The maximum Gasteiger partial charge on any atom is 0.132 e. The van der Waals surface area contributed by atoms with Gasteiger partial charge < -0.3 is 5.11 Å². The van der Waals surface area contributed by atoms with Crippen LogP contribution in [0, 0.1) is 0 Å². The van der Waals surface area contributed by atoms with Crippen molar-refractivity contribution in [1.82, 2.24) is 0 Å². The molecule has 0 bridgehead atoms. The number of unbranched alkanes of at least 4 members (excludes halogenated alkanes) is 18. The van der Waals surface area contributed by atoms with Gasteiger partial charge in [0.05, 0.1) is 6.10 Å². The van der Waals surface area contributed by atoms with Crippen LogP contribution in [0.3, 0.4) is 0 Å². The number of hydrogen-bond acceptors (Lipinski definition) is 2. The van der Waals surface area contributed by atoms with Gasteiger partial charge in [0.1, 0.15) is 5.78 Å². The molecule has 0 spiro atoms. The van der Waals surface area contributed by atoms with E-state index in [1.54, 1.807) is 0 Å². The Morgan fingerprint density at radius 2 is 0.806 bits per heavy atom. The zero-order chi connectivity index (χ0) is 22.8. The van der Waals surface area contributed by atoms with Crippen LogP contribution in [0.4, 0.5) is 0 Å². The number of aliphatic hydroxyl groups excluding tert-OH is 1. The van der Waals surface area contributed by atoms with Gasteiger partial charge in [0.2, 0.25) is 0 Å². The van der Waals surface area contributed by atoms with Crippen LogP contribution in [0.1, 0.15) is 174 Å². The van der Waals surface area contributed by atoms with Crippen molar-refractivity contribution in [2.45, 2.75) is 180 Å². The summed E-state index contributed by atoms with van der Waals surface area (Å²) in [5.74, 6) is 0.482. The summed E-state index contributed by atoms with van der Waals surface area (Å²) in [6, 6.07) is 0. The molecule has 0 amide bonds. The van der Waals surface area contributed by atoms with E-state index in [-0.39, 0.29) is 6.10 Å². The lowest BCUT2D eigenvalue weighted by Gasteiger charge is -2.09. The summed E-state index contributed by atoms with van der Waals surface area (Å²) < 4.78 is 0. The molecule has 1 N–H and O–H groups in total. The van der Waals surface area contributed by atoms with Crippen molar-refractivity contribution in [3.8, 4) is 0 Å². The summed E-state index contributed by atoms with van der Waals surface area (Å²) >= 11 is 0. The predicted octanol–water partition coefficient (Wildman–Crippen LogP) is 9.71. The van der Waals surface area contributed by atoms with Crippen LogP contribution in [0.5, 0.6) is 0 Å². The van der Waals surface area contributed by atoms with Gasteiger partial charge in [-0.05, 0) is 25.7 Å². The molecule has 0 aliphatic carbocycles. The standard InChI is InChI=1S/C29H58O2/c1-3-5-24-28(30)26-22-20-18-16-14-12-10-8-7-9-11-13-15-17-19-21-23-27-29(31)25-6-4-2/h28,30H,3-27H2,1-2H3. The Hall–Kier alpha value is -0.370.